The summed E-state index contributed by atoms with van der Waals surface area (Å²) in [6, 6.07) is 28.6. The van der Waals surface area contributed by atoms with Gasteiger partial charge >= 0.3 is 0 Å². The van der Waals surface area contributed by atoms with Gasteiger partial charge in [0.2, 0.25) is 0 Å². The van der Waals surface area contributed by atoms with Gasteiger partial charge in [-0.05, 0) is 130 Å². The van der Waals surface area contributed by atoms with Crippen LogP contribution in [-0.2, 0) is 6.42 Å². The number of aromatic nitrogens is 3. The molecule has 0 bridgehead atoms. The molecular weight excluding hydrogens is 794 g/mol. The Labute approximate surface area is 368 Å². The minimum absolute atomic E-state index is 0.122. The predicted octanol–water partition coefficient (Wildman–Crippen LogP) is 9.33. The van der Waals surface area contributed by atoms with Crippen molar-refractivity contribution in [2.24, 2.45) is 4.99 Å². The van der Waals surface area contributed by atoms with Crippen LogP contribution in [-0.4, -0.2) is 87.0 Å². The maximum absolute atomic E-state index is 16.5. The number of fused-ring (bicyclic) bond motifs is 4. The van der Waals surface area contributed by atoms with Gasteiger partial charge in [-0.1, -0.05) is 54.6 Å². The number of hydrogen-bond donors (Lipinski definition) is 2. The molecule has 4 aliphatic rings. The summed E-state index contributed by atoms with van der Waals surface area (Å²) in [5, 5.41) is 32.2. The number of phenols is 1. The lowest BCUT2D eigenvalue weighted by atomic mass is 9.69. The summed E-state index contributed by atoms with van der Waals surface area (Å²) in [4.78, 5) is 13.6. The van der Waals surface area contributed by atoms with Gasteiger partial charge in [-0.2, -0.15) is 0 Å². The fourth-order valence-corrected chi connectivity index (χ4v) is 11.9. The summed E-state index contributed by atoms with van der Waals surface area (Å²) < 4.78 is 18.7. The molecule has 2 N–H and O–H groups in total. The number of β-amino-alcohol motifs (C(OH)–C–C–N with tert-alkyl or cyclic N) is 1. The maximum Gasteiger partial charge on any atom is 0.162 e. The number of piperidine rings is 1. The standard InChI is InChI=1S/C51H56FN7O2S/c1-31-27-43(47-41(36-9-7-6-8-10-36)17-13-38-28-40(60)16-18-42(38)47)44(52)29-45(31)58-25-23-56(24-26-58)30-51(61)19-21-57(22-20-51)39-14-11-37(12-15-39)48-46-32(2)34(4)62-50(46)59-35(5)54-55-49(59)33(3)53-48/h6-12,14-16,18,27-29,33,41,47,60-61H,13,17,19-26,30H2,1-5H3/t33-,41+,47-/m0/s1. The quantitative estimate of drug-likeness (QED) is 0.166. The summed E-state index contributed by atoms with van der Waals surface area (Å²) in [6.07, 6.45) is 3.15. The highest BCUT2D eigenvalue weighted by Crippen LogP contribution is 2.48. The largest absolute Gasteiger partial charge is 0.508 e. The van der Waals surface area contributed by atoms with Crippen molar-refractivity contribution in [2.75, 3.05) is 55.6 Å². The number of hydrogen-bond acceptors (Lipinski definition) is 9. The maximum atomic E-state index is 16.5. The molecule has 0 saturated carbocycles. The first-order valence-electron chi connectivity index (χ1n) is 22.3. The van der Waals surface area contributed by atoms with Crippen molar-refractivity contribution in [3.63, 3.8) is 0 Å². The van der Waals surface area contributed by atoms with Crippen LogP contribution in [0.1, 0.15) is 105 Å². The first-order valence-corrected chi connectivity index (χ1v) is 23.1. The second-order valence-corrected chi connectivity index (χ2v) is 19.4. The third-order valence-corrected chi connectivity index (χ3v) is 15.4. The van der Waals surface area contributed by atoms with E-state index in [0.29, 0.717) is 19.4 Å². The zero-order valence-electron chi connectivity index (χ0n) is 36.4. The number of nitrogens with zero attached hydrogens (tertiary/aromatic N) is 7. The zero-order chi connectivity index (χ0) is 42.9. The lowest BCUT2D eigenvalue weighted by Gasteiger charge is -2.44. The van der Waals surface area contributed by atoms with Gasteiger partial charge in [-0.25, -0.2) is 4.39 Å². The van der Waals surface area contributed by atoms with Gasteiger partial charge in [0.05, 0.1) is 11.3 Å². The molecule has 6 aromatic rings. The van der Waals surface area contributed by atoms with Crippen LogP contribution in [0.5, 0.6) is 5.75 Å². The van der Waals surface area contributed by atoms with Crippen LogP contribution < -0.4 is 9.80 Å². The summed E-state index contributed by atoms with van der Waals surface area (Å²) >= 11 is 1.78. The summed E-state index contributed by atoms with van der Waals surface area (Å²) in [7, 11) is 0. The normalized spacial score (nSPS) is 21.2. The highest BCUT2D eigenvalue weighted by Gasteiger charge is 2.37. The highest BCUT2D eigenvalue weighted by molar-refractivity contribution is 7.15. The van der Waals surface area contributed by atoms with Gasteiger partial charge in [-0.3, -0.25) is 14.5 Å². The van der Waals surface area contributed by atoms with Crippen molar-refractivity contribution < 1.29 is 14.6 Å². The molecule has 4 aromatic carbocycles. The van der Waals surface area contributed by atoms with Gasteiger partial charge in [0, 0.05) is 79.1 Å². The Balaban J connectivity index is 0.782. The Morgan fingerprint density at radius 1 is 0.823 bits per heavy atom. The number of anilines is 2. The molecule has 0 radical (unpaired) electrons. The van der Waals surface area contributed by atoms with E-state index in [1.54, 1.807) is 23.5 Å². The van der Waals surface area contributed by atoms with E-state index in [2.05, 4.69) is 112 Å². The Morgan fingerprint density at radius 3 is 2.31 bits per heavy atom. The summed E-state index contributed by atoms with van der Waals surface area (Å²) in [5.41, 5.74) is 11.1. The van der Waals surface area contributed by atoms with E-state index < -0.39 is 5.60 Å². The van der Waals surface area contributed by atoms with Gasteiger partial charge < -0.3 is 20.0 Å². The molecule has 62 heavy (non-hydrogen) atoms. The van der Waals surface area contributed by atoms with E-state index >= 15 is 4.39 Å². The van der Waals surface area contributed by atoms with Crippen LogP contribution >= 0.6 is 11.3 Å². The number of phenolic OH excluding ortho intramolecular Hbond substituents is 1. The number of rotatable bonds is 7. The molecule has 3 atom stereocenters. The molecule has 2 fully saturated rings. The Bertz CT molecular complexity index is 2660. The third-order valence-electron chi connectivity index (χ3n) is 14.3. The van der Waals surface area contributed by atoms with E-state index in [0.717, 1.165) is 114 Å². The van der Waals surface area contributed by atoms with E-state index in [4.69, 9.17) is 4.99 Å². The number of aromatic hydroxyl groups is 1. The van der Waals surface area contributed by atoms with Crippen molar-refractivity contribution in [3.8, 4) is 10.8 Å². The van der Waals surface area contributed by atoms with E-state index in [1.165, 1.54) is 21.6 Å². The number of halogens is 1. The van der Waals surface area contributed by atoms with Crippen LogP contribution in [0.25, 0.3) is 5.00 Å². The summed E-state index contributed by atoms with van der Waals surface area (Å²) in [5.74, 6) is 1.84. The van der Waals surface area contributed by atoms with Gasteiger partial charge in [0.1, 0.15) is 28.4 Å². The molecule has 2 saturated heterocycles. The fourth-order valence-electron chi connectivity index (χ4n) is 10.7. The lowest BCUT2D eigenvalue weighted by Crippen LogP contribution is -2.55. The lowest BCUT2D eigenvalue weighted by molar-refractivity contribution is -0.0173. The second-order valence-electron chi connectivity index (χ2n) is 18.2. The topological polar surface area (TPSA) is 93.2 Å². The molecule has 11 heteroatoms. The number of aliphatic hydroxyl groups is 1. The van der Waals surface area contributed by atoms with Crippen molar-refractivity contribution in [2.45, 2.75) is 83.8 Å². The van der Waals surface area contributed by atoms with E-state index in [1.807, 2.05) is 25.1 Å². The number of benzene rings is 4. The highest BCUT2D eigenvalue weighted by atomic mass is 32.1. The Kier molecular flexibility index (Phi) is 10.6. The average Bonchev–Trinajstić information content (AvgIpc) is 3.77. The van der Waals surface area contributed by atoms with Crippen LogP contribution in [0, 0.1) is 33.5 Å². The monoisotopic (exact) mass is 849 g/mol. The zero-order valence-corrected chi connectivity index (χ0v) is 37.2. The predicted molar refractivity (Wildman–Crippen MR) is 248 cm³/mol. The minimum Gasteiger partial charge on any atom is -0.508 e. The third kappa shape index (κ3) is 7.31. The molecule has 9 nitrogen and oxygen atoms in total. The van der Waals surface area contributed by atoms with Crippen LogP contribution in [0.2, 0.25) is 0 Å². The van der Waals surface area contributed by atoms with Crippen molar-refractivity contribution in [1.29, 1.82) is 0 Å². The second kappa shape index (κ2) is 16.1. The molecule has 2 aromatic heterocycles. The van der Waals surface area contributed by atoms with Crippen molar-refractivity contribution >= 4 is 28.4 Å². The molecule has 0 amide bonds. The number of thiophene rings is 1. The van der Waals surface area contributed by atoms with E-state index in [9.17, 15) is 10.2 Å². The van der Waals surface area contributed by atoms with E-state index in [-0.39, 0.29) is 29.4 Å². The first-order chi connectivity index (χ1) is 29.9. The average molecular weight is 850 g/mol. The van der Waals surface area contributed by atoms with Gasteiger partial charge in [-0.15, -0.1) is 21.5 Å². The van der Waals surface area contributed by atoms with Gasteiger partial charge in [0.15, 0.2) is 5.82 Å². The number of piperazine rings is 1. The van der Waals surface area contributed by atoms with Crippen molar-refractivity contribution in [3.05, 3.63) is 152 Å². The number of aliphatic imine (C=N–C) groups is 1. The minimum atomic E-state index is -0.752. The molecule has 3 aliphatic heterocycles. The molecule has 10 rings (SSSR count). The van der Waals surface area contributed by atoms with Crippen LogP contribution in [0.3, 0.4) is 0 Å². The Morgan fingerprint density at radius 2 is 1.56 bits per heavy atom. The SMILES string of the molecule is Cc1cc([C@@H]2c3ccc(O)cc3CC[C@@H]2c2ccccc2)c(F)cc1N1CCN(CC2(O)CCN(c3ccc(C4=N[C@@H](C)c5nnc(C)n5-c5sc(C)c(C)c54)cc3)CC2)CC1. The fraction of sp³-hybridized carbons (Fsp3) is 0.392. The smallest absolute Gasteiger partial charge is 0.162 e. The molecule has 320 valence electrons. The molecule has 5 heterocycles. The molecule has 0 unspecified atom stereocenters. The van der Waals surface area contributed by atoms with Crippen LogP contribution in [0.4, 0.5) is 15.8 Å². The molecule has 1 aliphatic carbocycles. The molecular formula is C51H56FN7O2S. The van der Waals surface area contributed by atoms with Crippen LogP contribution in [0.15, 0.2) is 89.9 Å². The van der Waals surface area contributed by atoms with Gasteiger partial charge in [0.25, 0.3) is 0 Å². The molecule has 0 spiro atoms. The van der Waals surface area contributed by atoms with Crippen molar-refractivity contribution in [1.82, 2.24) is 19.7 Å². The first kappa shape index (κ1) is 40.7. The number of aryl methyl sites for hydroxylation is 4. The summed E-state index contributed by atoms with van der Waals surface area (Å²) in [6.45, 7) is 16.0. The Hall–Kier alpha value is -5.36.